The largest absolute Gasteiger partial charge is 0.337 e. The smallest absolute Gasteiger partial charge is 0.180 e. The van der Waals surface area contributed by atoms with E-state index < -0.39 is 0 Å². The van der Waals surface area contributed by atoms with Gasteiger partial charge in [0.1, 0.15) is 4.60 Å². The highest BCUT2D eigenvalue weighted by atomic mass is 79.9. The molecule has 0 bridgehead atoms. The summed E-state index contributed by atoms with van der Waals surface area (Å²) in [7, 11) is 0. The van der Waals surface area contributed by atoms with Crippen LogP contribution >= 0.6 is 15.9 Å². The van der Waals surface area contributed by atoms with Crippen molar-refractivity contribution in [1.29, 1.82) is 0 Å². The van der Waals surface area contributed by atoms with Crippen LogP contribution in [0.5, 0.6) is 0 Å². The molecule has 0 saturated heterocycles. The zero-order valence-electron chi connectivity index (χ0n) is 10.7. The molecular weight excluding hydrogens is 304 g/mol. The van der Waals surface area contributed by atoms with Crippen LogP contribution in [0, 0.1) is 13.8 Å². The Bertz CT molecular complexity index is 748. The molecule has 0 aliphatic rings. The van der Waals surface area contributed by atoms with Crippen molar-refractivity contribution in [2.24, 2.45) is 0 Å². The first-order valence-electron chi connectivity index (χ1n) is 5.97. The standard InChI is InChI=1S/C14H13BrN4/c1-9-3-4-11(10(2)7-9)17-13-14-16-5-6-19(14)8-12(15)18-13/h3-8H,1-2H3,(H,17,18). The maximum atomic E-state index is 4.45. The van der Waals surface area contributed by atoms with Gasteiger partial charge in [0.15, 0.2) is 11.5 Å². The van der Waals surface area contributed by atoms with Crippen molar-refractivity contribution in [3.63, 3.8) is 0 Å². The van der Waals surface area contributed by atoms with Crippen LogP contribution in [0.25, 0.3) is 5.65 Å². The van der Waals surface area contributed by atoms with Gasteiger partial charge in [0.05, 0.1) is 0 Å². The van der Waals surface area contributed by atoms with E-state index in [1.165, 1.54) is 11.1 Å². The zero-order valence-corrected chi connectivity index (χ0v) is 12.3. The van der Waals surface area contributed by atoms with Crippen molar-refractivity contribution < 1.29 is 0 Å². The minimum absolute atomic E-state index is 0.742. The number of rotatable bonds is 2. The summed E-state index contributed by atoms with van der Waals surface area (Å²) in [4.78, 5) is 8.77. The summed E-state index contributed by atoms with van der Waals surface area (Å²) in [5, 5.41) is 3.34. The molecule has 0 radical (unpaired) electrons. The molecule has 0 saturated carbocycles. The average Bonchev–Trinajstić information content (AvgIpc) is 2.80. The number of aromatic nitrogens is 3. The summed E-state index contributed by atoms with van der Waals surface area (Å²) in [6.45, 7) is 4.16. The molecular formula is C14H13BrN4. The van der Waals surface area contributed by atoms with E-state index >= 15 is 0 Å². The lowest BCUT2D eigenvalue weighted by Gasteiger charge is -2.10. The monoisotopic (exact) mass is 316 g/mol. The van der Waals surface area contributed by atoms with E-state index in [0.717, 1.165) is 21.8 Å². The number of aryl methyl sites for hydroxylation is 2. The minimum atomic E-state index is 0.742. The molecule has 3 aromatic rings. The number of nitrogens with zero attached hydrogens (tertiary/aromatic N) is 3. The van der Waals surface area contributed by atoms with Crippen LogP contribution in [0.4, 0.5) is 11.5 Å². The Balaban J connectivity index is 2.07. The van der Waals surface area contributed by atoms with E-state index in [1.807, 2.05) is 16.8 Å². The van der Waals surface area contributed by atoms with Gasteiger partial charge in [-0.25, -0.2) is 9.97 Å². The van der Waals surface area contributed by atoms with Gasteiger partial charge < -0.3 is 9.72 Å². The number of imidazole rings is 1. The molecule has 19 heavy (non-hydrogen) atoms. The maximum absolute atomic E-state index is 4.45. The molecule has 0 spiro atoms. The van der Waals surface area contributed by atoms with E-state index in [1.54, 1.807) is 6.20 Å². The van der Waals surface area contributed by atoms with Gasteiger partial charge >= 0.3 is 0 Å². The summed E-state index contributed by atoms with van der Waals surface area (Å²) in [5.41, 5.74) is 4.28. The Morgan fingerprint density at radius 2 is 2.11 bits per heavy atom. The van der Waals surface area contributed by atoms with Crippen molar-refractivity contribution >= 4 is 33.1 Å². The number of halogens is 1. The normalized spacial score (nSPS) is 10.9. The lowest BCUT2D eigenvalue weighted by molar-refractivity contribution is 1.10. The van der Waals surface area contributed by atoms with Gasteiger partial charge in [-0.2, -0.15) is 0 Å². The van der Waals surface area contributed by atoms with Crippen LogP contribution < -0.4 is 5.32 Å². The fourth-order valence-corrected chi connectivity index (χ4v) is 2.46. The van der Waals surface area contributed by atoms with E-state index in [9.17, 15) is 0 Å². The Morgan fingerprint density at radius 3 is 2.89 bits per heavy atom. The molecule has 0 atom stereocenters. The van der Waals surface area contributed by atoms with E-state index in [-0.39, 0.29) is 0 Å². The predicted molar refractivity (Wildman–Crippen MR) is 79.9 cm³/mol. The molecule has 2 heterocycles. The molecule has 1 aromatic carbocycles. The number of anilines is 2. The van der Waals surface area contributed by atoms with Crippen LogP contribution in [0.2, 0.25) is 0 Å². The Morgan fingerprint density at radius 1 is 1.26 bits per heavy atom. The minimum Gasteiger partial charge on any atom is -0.337 e. The first-order chi connectivity index (χ1) is 9.13. The van der Waals surface area contributed by atoms with E-state index in [0.29, 0.717) is 0 Å². The Labute approximate surface area is 119 Å². The predicted octanol–water partition coefficient (Wildman–Crippen LogP) is 3.85. The maximum Gasteiger partial charge on any atom is 0.180 e. The quantitative estimate of drug-likeness (QED) is 0.780. The highest BCUT2D eigenvalue weighted by Crippen LogP contribution is 2.24. The molecule has 0 fully saturated rings. The summed E-state index contributed by atoms with van der Waals surface area (Å²) in [6, 6.07) is 6.28. The summed E-state index contributed by atoms with van der Waals surface area (Å²) >= 11 is 3.41. The number of benzene rings is 1. The van der Waals surface area contributed by atoms with Crippen molar-refractivity contribution in [3.05, 3.63) is 52.5 Å². The lowest BCUT2D eigenvalue weighted by Crippen LogP contribution is -2.00. The lowest BCUT2D eigenvalue weighted by atomic mass is 10.1. The first-order valence-corrected chi connectivity index (χ1v) is 6.76. The first kappa shape index (κ1) is 12.2. The van der Waals surface area contributed by atoms with Gasteiger partial charge in [-0.05, 0) is 41.4 Å². The molecule has 4 nitrogen and oxygen atoms in total. The third-order valence-corrected chi connectivity index (χ3v) is 3.36. The van der Waals surface area contributed by atoms with Gasteiger partial charge in [0, 0.05) is 24.3 Å². The Hall–Kier alpha value is -1.88. The molecule has 0 unspecified atom stereocenters. The van der Waals surface area contributed by atoms with Crippen molar-refractivity contribution in [3.8, 4) is 0 Å². The third-order valence-electron chi connectivity index (χ3n) is 2.98. The van der Waals surface area contributed by atoms with Crippen LogP contribution in [-0.2, 0) is 0 Å². The number of nitrogens with one attached hydrogen (secondary N) is 1. The topological polar surface area (TPSA) is 42.2 Å². The second-order valence-electron chi connectivity index (χ2n) is 4.51. The van der Waals surface area contributed by atoms with Crippen LogP contribution in [0.15, 0.2) is 41.4 Å². The molecule has 2 aromatic heterocycles. The molecule has 1 N–H and O–H groups in total. The number of hydrogen-bond donors (Lipinski definition) is 1. The van der Waals surface area contributed by atoms with Crippen molar-refractivity contribution in [2.75, 3.05) is 5.32 Å². The van der Waals surface area contributed by atoms with Crippen LogP contribution in [0.3, 0.4) is 0 Å². The highest BCUT2D eigenvalue weighted by Gasteiger charge is 2.08. The van der Waals surface area contributed by atoms with Crippen molar-refractivity contribution in [1.82, 2.24) is 14.4 Å². The SMILES string of the molecule is Cc1ccc(Nc2nc(Br)cn3ccnc23)c(C)c1. The average molecular weight is 317 g/mol. The summed E-state index contributed by atoms with van der Waals surface area (Å²) < 4.78 is 2.70. The van der Waals surface area contributed by atoms with Gasteiger partial charge in [0.25, 0.3) is 0 Å². The van der Waals surface area contributed by atoms with Gasteiger partial charge in [-0.15, -0.1) is 0 Å². The van der Waals surface area contributed by atoms with E-state index in [4.69, 9.17) is 0 Å². The van der Waals surface area contributed by atoms with Gasteiger partial charge in [-0.1, -0.05) is 17.7 Å². The molecule has 0 aliphatic heterocycles. The molecule has 0 aliphatic carbocycles. The van der Waals surface area contributed by atoms with E-state index in [2.05, 4.69) is 63.3 Å². The fourth-order valence-electron chi connectivity index (χ4n) is 2.07. The van der Waals surface area contributed by atoms with Crippen molar-refractivity contribution in [2.45, 2.75) is 13.8 Å². The van der Waals surface area contributed by atoms with Crippen LogP contribution in [-0.4, -0.2) is 14.4 Å². The second kappa shape index (κ2) is 4.66. The molecule has 5 heteroatoms. The fraction of sp³-hybridized carbons (Fsp3) is 0.143. The number of hydrogen-bond acceptors (Lipinski definition) is 3. The van der Waals surface area contributed by atoms with Crippen LogP contribution in [0.1, 0.15) is 11.1 Å². The Kier molecular flexibility index (Phi) is 2.98. The summed E-state index contributed by atoms with van der Waals surface area (Å²) in [5.74, 6) is 0.742. The highest BCUT2D eigenvalue weighted by molar-refractivity contribution is 9.10. The molecule has 3 rings (SSSR count). The number of fused-ring (bicyclic) bond motifs is 1. The zero-order chi connectivity index (χ0) is 13.4. The molecule has 0 amide bonds. The van der Waals surface area contributed by atoms with Gasteiger partial charge in [0.2, 0.25) is 0 Å². The second-order valence-corrected chi connectivity index (χ2v) is 5.33. The summed E-state index contributed by atoms with van der Waals surface area (Å²) in [6.07, 6.45) is 5.54. The molecule has 96 valence electrons. The van der Waals surface area contributed by atoms with Gasteiger partial charge in [-0.3, -0.25) is 0 Å². The third kappa shape index (κ3) is 2.33.